The number of hydrogen-bond acceptors (Lipinski definition) is 6. The molecule has 144 valence electrons. The van der Waals surface area contributed by atoms with Crippen molar-refractivity contribution in [3.05, 3.63) is 72.3 Å². The number of rotatable bonds is 5. The Morgan fingerprint density at radius 3 is 2.50 bits per heavy atom. The van der Waals surface area contributed by atoms with Crippen LogP contribution in [0.2, 0.25) is 0 Å². The van der Waals surface area contributed by atoms with Crippen LogP contribution in [-0.2, 0) is 6.54 Å². The van der Waals surface area contributed by atoms with Gasteiger partial charge in [0.25, 0.3) is 5.91 Å². The number of piperazine rings is 1. The molecule has 1 fully saturated rings. The third-order valence-electron chi connectivity index (χ3n) is 4.67. The van der Waals surface area contributed by atoms with Crippen LogP contribution in [0.1, 0.15) is 16.2 Å². The van der Waals surface area contributed by atoms with Crippen molar-refractivity contribution >= 4 is 17.4 Å². The van der Waals surface area contributed by atoms with Crippen molar-refractivity contribution in [2.45, 2.75) is 6.54 Å². The van der Waals surface area contributed by atoms with E-state index in [1.54, 1.807) is 36.7 Å². The summed E-state index contributed by atoms with van der Waals surface area (Å²) in [5.41, 5.74) is 0.872. The lowest BCUT2D eigenvalue weighted by Crippen LogP contribution is -2.47. The Kier molecular flexibility index (Phi) is 5.18. The molecule has 3 aromatic rings. The van der Waals surface area contributed by atoms with Crippen molar-refractivity contribution in [1.29, 1.82) is 0 Å². The van der Waals surface area contributed by atoms with Gasteiger partial charge in [-0.25, -0.2) is 14.4 Å². The molecule has 4 rings (SSSR count). The van der Waals surface area contributed by atoms with Crippen molar-refractivity contribution in [2.24, 2.45) is 0 Å². The maximum atomic E-state index is 13.9. The maximum Gasteiger partial charge on any atom is 0.271 e. The molecule has 3 heterocycles. The van der Waals surface area contributed by atoms with Crippen LogP contribution >= 0.6 is 0 Å². The molecule has 0 bridgehead atoms. The van der Waals surface area contributed by atoms with E-state index in [-0.39, 0.29) is 17.4 Å². The van der Waals surface area contributed by atoms with Gasteiger partial charge in [-0.1, -0.05) is 12.1 Å². The summed E-state index contributed by atoms with van der Waals surface area (Å²) >= 11 is 0. The smallest absolute Gasteiger partial charge is 0.271 e. The predicted octanol–water partition coefficient (Wildman–Crippen LogP) is 2.47. The Balaban J connectivity index is 1.33. The number of furan rings is 1. The number of carbonyl (C=O) groups excluding carboxylic acids is 1. The summed E-state index contributed by atoms with van der Waals surface area (Å²) in [5.74, 6) is 0.863. The van der Waals surface area contributed by atoms with Gasteiger partial charge >= 0.3 is 0 Å². The van der Waals surface area contributed by atoms with Crippen LogP contribution < -0.4 is 15.1 Å². The normalized spacial score (nSPS) is 14.2. The minimum Gasteiger partial charge on any atom is -0.467 e. The van der Waals surface area contributed by atoms with Crippen LogP contribution in [0.3, 0.4) is 0 Å². The Morgan fingerprint density at radius 2 is 1.82 bits per heavy atom. The average molecular weight is 381 g/mol. The zero-order valence-electron chi connectivity index (χ0n) is 15.2. The van der Waals surface area contributed by atoms with Crippen LogP contribution in [0, 0.1) is 5.82 Å². The molecular formula is C20H20FN5O2. The molecule has 8 heteroatoms. The first-order valence-electron chi connectivity index (χ1n) is 9.08. The van der Waals surface area contributed by atoms with Gasteiger partial charge < -0.3 is 19.5 Å². The SMILES string of the molecule is O=C(NCc1ccco1)c1cnc(N2CCN(c3ccccc3F)CC2)cn1. The molecule has 1 aromatic carbocycles. The number of carbonyl (C=O) groups is 1. The van der Waals surface area contributed by atoms with Crippen LogP contribution in [-0.4, -0.2) is 42.1 Å². The van der Waals surface area contributed by atoms with E-state index in [2.05, 4.69) is 20.2 Å². The third kappa shape index (κ3) is 3.95. The number of anilines is 2. The first-order chi connectivity index (χ1) is 13.7. The molecule has 7 nitrogen and oxygen atoms in total. The minimum absolute atomic E-state index is 0.208. The first kappa shape index (κ1) is 18.0. The number of aromatic nitrogens is 2. The lowest BCUT2D eigenvalue weighted by Gasteiger charge is -2.36. The maximum absolute atomic E-state index is 13.9. The molecule has 0 aliphatic carbocycles. The lowest BCUT2D eigenvalue weighted by atomic mass is 10.2. The minimum atomic E-state index is -0.306. The Labute approximate surface area is 161 Å². The number of nitrogens with one attached hydrogen (secondary N) is 1. The summed E-state index contributed by atoms with van der Waals surface area (Å²) < 4.78 is 19.1. The second-order valence-electron chi connectivity index (χ2n) is 6.45. The number of para-hydroxylation sites is 1. The molecule has 0 atom stereocenters. The lowest BCUT2D eigenvalue weighted by molar-refractivity contribution is 0.0942. The third-order valence-corrected chi connectivity index (χ3v) is 4.67. The fourth-order valence-corrected chi connectivity index (χ4v) is 3.16. The molecule has 28 heavy (non-hydrogen) atoms. The fourth-order valence-electron chi connectivity index (χ4n) is 3.16. The van der Waals surface area contributed by atoms with Crippen molar-refractivity contribution in [3.8, 4) is 0 Å². The van der Waals surface area contributed by atoms with Crippen LogP contribution in [0.4, 0.5) is 15.9 Å². The van der Waals surface area contributed by atoms with Gasteiger partial charge in [0.15, 0.2) is 0 Å². The summed E-state index contributed by atoms with van der Waals surface area (Å²) in [6.07, 6.45) is 4.62. The molecule has 1 aliphatic rings. The second kappa shape index (κ2) is 8.08. The Bertz CT molecular complexity index is 922. The van der Waals surface area contributed by atoms with Gasteiger partial charge in [0, 0.05) is 26.2 Å². The molecule has 1 aliphatic heterocycles. The number of halogens is 1. The van der Waals surface area contributed by atoms with E-state index < -0.39 is 0 Å². The monoisotopic (exact) mass is 381 g/mol. The average Bonchev–Trinajstić information content (AvgIpc) is 3.26. The highest BCUT2D eigenvalue weighted by Gasteiger charge is 2.20. The van der Waals surface area contributed by atoms with Crippen molar-refractivity contribution in [2.75, 3.05) is 36.0 Å². The van der Waals surface area contributed by atoms with Gasteiger partial charge in [0.1, 0.15) is 23.1 Å². The molecule has 2 aromatic heterocycles. The zero-order chi connectivity index (χ0) is 19.3. The topological polar surface area (TPSA) is 74.5 Å². The van der Waals surface area contributed by atoms with E-state index in [1.165, 1.54) is 12.3 Å². The van der Waals surface area contributed by atoms with Crippen molar-refractivity contribution < 1.29 is 13.6 Å². The van der Waals surface area contributed by atoms with Gasteiger partial charge in [-0.3, -0.25) is 4.79 Å². The van der Waals surface area contributed by atoms with E-state index in [1.807, 2.05) is 11.0 Å². The summed E-state index contributed by atoms with van der Waals surface area (Å²) in [6.45, 7) is 3.08. The molecule has 0 saturated carbocycles. The molecule has 0 spiro atoms. The van der Waals surface area contributed by atoms with Crippen molar-refractivity contribution in [3.63, 3.8) is 0 Å². The van der Waals surface area contributed by atoms with E-state index >= 15 is 0 Å². The van der Waals surface area contributed by atoms with Crippen molar-refractivity contribution in [1.82, 2.24) is 15.3 Å². The van der Waals surface area contributed by atoms with Gasteiger partial charge in [0.05, 0.1) is 30.9 Å². The summed E-state index contributed by atoms with van der Waals surface area (Å²) in [4.78, 5) is 24.8. The van der Waals surface area contributed by atoms with E-state index in [0.29, 0.717) is 50.0 Å². The van der Waals surface area contributed by atoms with Crippen LogP contribution in [0.15, 0.2) is 59.5 Å². The van der Waals surface area contributed by atoms with Crippen LogP contribution in [0.5, 0.6) is 0 Å². The molecule has 1 N–H and O–H groups in total. The van der Waals surface area contributed by atoms with Gasteiger partial charge in [-0.15, -0.1) is 0 Å². The molecule has 0 radical (unpaired) electrons. The number of hydrogen-bond donors (Lipinski definition) is 1. The fraction of sp³-hybridized carbons (Fsp3) is 0.250. The summed E-state index contributed by atoms with van der Waals surface area (Å²) in [6, 6.07) is 10.4. The standard InChI is InChI=1S/C20H20FN5O2/c21-16-5-1-2-6-18(16)25-7-9-26(10-8-25)19-14-22-17(13-23-19)20(27)24-12-15-4-3-11-28-15/h1-6,11,13-14H,7-10,12H2,(H,24,27). The zero-order valence-corrected chi connectivity index (χ0v) is 15.2. The van der Waals surface area contributed by atoms with Gasteiger partial charge in [0.2, 0.25) is 0 Å². The highest BCUT2D eigenvalue weighted by Crippen LogP contribution is 2.21. The quantitative estimate of drug-likeness (QED) is 0.732. The summed E-state index contributed by atoms with van der Waals surface area (Å²) in [7, 11) is 0. The number of benzene rings is 1. The second-order valence-corrected chi connectivity index (χ2v) is 6.45. The first-order valence-corrected chi connectivity index (χ1v) is 9.08. The van der Waals surface area contributed by atoms with Gasteiger partial charge in [-0.2, -0.15) is 0 Å². The van der Waals surface area contributed by atoms with E-state index in [0.717, 1.165) is 0 Å². The highest BCUT2D eigenvalue weighted by atomic mass is 19.1. The molecule has 0 unspecified atom stereocenters. The molecule has 1 saturated heterocycles. The highest BCUT2D eigenvalue weighted by molar-refractivity contribution is 5.91. The number of amides is 1. The summed E-state index contributed by atoms with van der Waals surface area (Å²) in [5, 5.41) is 2.74. The predicted molar refractivity (Wildman–Crippen MR) is 103 cm³/mol. The Morgan fingerprint density at radius 1 is 1.04 bits per heavy atom. The van der Waals surface area contributed by atoms with E-state index in [4.69, 9.17) is 4.42 Å². The van der Waals surface area contributed by atoms with Gasteiger partial charge in [-0.05, 0) is 24.3 Å². The molecular weight excluding hydrogens is 361 g/mol. The van der Waals surface area contributed by atoms with Crippen LogP contribution in [0.25, 0.3) is 0 Å². The Hall–Kier alpha value is -3.42. The largest absolute Gasteiger partial charge is 0.467 e. The number of nitrogens with zero attached hydrogens (tertiary/aromatic N) is 4. The van der Waals surface area contributed by atoms with E-state index in [9.17, 15) is 9.18 Å². The molecule has 1 amide bonds.